The molecular weight excluding hydrogens is 337 g/mol. The maximum Gasteiger partial charge on any atom is 0.416 e. The predicted molar refractivity (Wildman–Crippen MR) is 67.7 cm³/mol. The van der Waals surface area contributed by atoms with E-state index in [1.54, 1.807) is 0 Å². The Kier molecular flexibility index (Phi) is 6.53. The second kappa shape index (κ2) is 6.50. The van der Waals surface area contributed by atoms with E-state index >= 15 is 0 Å². The van der Waals surface area contributed by atoms with Crippen molar-refractivity contribution in [1.82, 2.24) is 0 Å². The standard InChI is InChI=1S/C9H7Cl3F3NO.ClH/c10-3-1-2-4(11)6(12)5(3)7(16)8(17)9(13,14)15;/h1-2,7-8,17H,16H2;1H/t7-,8-;/m0./s1. The normalized spacial score (nSPS) is 14.9. The molecule has 0 bridgehead atoms. The van der Waals surface area contributed by atoms with E-state index in [4.69, 9.17) is 45.6 Å². The molecule has 0 radical (unpaired) electrons. The number of aliphatic hydroxyl groups excluding tert-OH is 1. The van der Waals surface area contributed by atoms with E-state index in [-0.39, 0.29) is 33.0 Å². The Morgan fingerprint density at radius 3 is 2.00 bits per heavy atom. The van der Waals surface area contributed by atoms with E-state index in [1.165, 1.54) is 12.1 Å². The zero-order valence-electron chi connectivity index (χ0n) is 8.51. The van der Waals surface area contributed by atoms with Crippen molar-refractivity contribution in [1.29, 1.82) is 0 Å². The lowest BCUT2D eigenvalue weighted by Crippen LogP contribution is -2.39. The average molecular weight is 345 g/mol. The lowest BCUT2D eigenvalue weighted by atomic mass is 10.0. The van der Waals surface area contributed by atoms with Gasteiger partial charge >= 0.3 is 6.18 Å². The van der Waals surface area contributed by atoms with E-state index in [0.717, 1.165) is 0 Å². The number of aliphatic hydroxyl groups is 1. The van der Waals surface area contributed by atoms with Crippen molar-refractivity contribution in [2.75, 3.05) is 0 Å². The van der Waals surface area contributed by atoms with Gasteiger partial charge in [-0.25, -0.2) is 0 Å². The number of alkyl halides is 3. The van der Waals surface area contributed by atoms with Crippen LogP contribution in [-0.2, 0) is 0 Å². The molecule has 0 aromatic heterocycles. The van der Waals surface area contributed by atoms with Crippen LogP contribution in [0.15, 0.2) is 12.1 Å². The Morgan fingerprint density at radius 2 is 1.56 bits per heavy atom. The van der Waals surface area contributed by atoms with Crippen molar-refractivity contribution in [2.45, 2.75) is 18.3 Å². The molecule has 104 valence electrons. The van der Waals surface area contributed by atoms with Gasteiger partial charge in [0.15, 0.2) is 6.10 Å². The van der Waals surface area contributed by atoms with E-state index in [9.17, 15) is 13.2 Å². The summed E-state index contributed by atoms with van der Waals surface area (Å²) in [6.45, 7) is 0. The Morgan fingerprint density at radius 1 is 1.11 bits per heavy atom. The lowest BCUT2D eigenvalue weighted by Gasteiger charge is -2.23. The average Bonchev–Trinajstić information content (AvgIpc) is 2.21. The van der Waals surface area contributed by atoms with Gasteiger partial charge in [-0.05, 0) is 12.1 Å². The fourth-order valence-corrected chi connectivity index (χ4v) is 2.00. The molecule has 9 heteroatoms. The van der Waals surface area contributed by atoms with Gasteiger partial charge in [0.1, 0.15) is 0 Å². The highest BCUT2D eigenvalue weighted by Gasteiger charge is 2.43. The third kappa shape index (κ3) is 3.79. The third-order valence-corrected chi connectivity index (χ3v) is 3.24. The quantitative estimate of drug-likeness (QED) is 0.797. The summed E-state index contributed by atoms with van der Waals surface area (Å²) in [4.78, 5) is 0. The molecule has 3 N–H and O–H groups in total. The van der Waals surface area contributed by atoms with Gasteiger partial charge < -0.3 is 10.8 Å². The number of hydrogen-bond acceptors (Lipinski definition) is 2. The van der Waals surface area contributed by atoms with Crippen molar-refractivity contribution in [3.8, 4) is 0 Å². The van der Waals surface area contributed by atoms with Gasteiger partial charge in [0.2, 0.25) is 0 Å². The molecule has 1 rings (SSSR count). The molecule has 2 atom stereocenters. The summed E-state index contributed by atoms with van der Waals surface area (Å²) < 4.78 is 36.9. The first kappa shape index (κ1) is 18.1. The van der Waals surface area contributed by atoms with Gasteiger partial charge in [0.05, 0.1) is 16.1 Å². The molecule has 0 heterocycles. The summed E-state index contributed by atoms with van der Waals surface area (Å²) in [6.07, 6.45) is -7.63. The molecule has 1 aromatic rings. The van der Waals surface area contributed by atoms with Crippen LogP contribution in [0.2, 0.25) is 15.1 Å². The highest BCUT2D eigenvalue weighted by Crippen LogP contribution is 2.38. The maximum absolute atomic E-state index is 12.3. The van der Waals surface area contributed by atoms with Gasteiger partial charge in [0.25, 0.3) is 0 Å². The van der Waals surface area contributed by atoms with Crippen molar-refractivity contribution in [2.24, 2.45) is 5.73 Å². The molecule has 0 unspecified atom stereocenters. The van der Waals surface area contributed by atoms with Crippen LogP contribution in [0.3, 0.4) is 0 Å². The van der Waals surface area contributed by atoms with Crippen LogP contribution < -0.4 is 5.73 Å². The van der Waals surface area contributed by atoms with Crippen LogP contribution in [0.5, 0.6) is 0 Å². The molecule has 2 nitrogen and oxygen atoms in total. The molecule has 0 saturated heterocycles. The Balaban J connectivity index is 0.00000289. The molecule has 0 saturated carbocycles. The SMILES string of the molecule is Cl.N[C@@H](c1c(Cl)ccc(Cl)c1Cl)[C@H](O)C(F)(F)F. The van der Waals surface area contributed by atoms with Crippen molar-refractivity contribution < 1.29 is 18.3 Å². The molecule has 18 heavy (non-hydrogen) atoms. The lowest BCUT2D eigenvalue weighted by molar-refractivity contribution is -0.210. The summed E-state index contributed by atoms with van der Waals surface area (Å²) in [5.41, 5.74) is 5.07. The molecule has 1 aromatic carbocycles. The van der Waals surface area contributed by atoms with Gasteiger partial charge in [-0.3, -0.25) is 0 Å². The minimum absolute atomic E-state index is 0. The van der Waals surface area contributed by atoms with Crippen molar-refractivity contribution in [3.05, 3.63) is 32.8 Å². The van der Waals surface area contributed by atoms with Crippen LogP contribution in [0.25, 0.3) is 0 Å². The van der Waals surface area contributed by atoms with Crippen LogP contribution in [0.4, 0.5) is 13.2 Å². The van der Waals surface area contributed by atoms with E-state index in [1.807, 2.05) is 0 Å². The summed E-state index contributed by atoms with van der Waals surface area (Å²) >= 11 is 17.0. The topological polar surface area (TPSA) is 46.2 Å². The third-order valence-electron chi connectivity index (χ3n) is 2.09. The first-order chi connectivity index (χ1) is 7.66. The zero-order valence-corrected chi connectivity index (χ0v) is 11.6. The Labute approximate surface area is 122 Å². The van der Waals surface area contributed by atoms with Gasteiger partial charge in [-0.2, -0.15) is 13.2 Å². The molecule has 0 fully saturated rings. The van der Waals surface area contributed by atoms with Crippen molar-refractivity contribution >= 4 is 47.2 Å². The minimum atomic E-state index is -4.87. The minimum Gasteiger partial charge on any atom is -0.382 e. The number of nitrogens with two attached hydrogens (primary N) is 1. The number of benzene rings is 1. The first-order valence-electron chi connectivity index (χ1n) is 4.30. The van der Waals surface area contributed by atoms with Crippen LogP contribution in [0, 0.1) is 0 Å². The smallest absolute Gasteiger partial charge is 0.382 e. The molecule has 0 spiro atoms. The van der Waals surface area contributed by atoms with E-state index < -0.39 is 18.3 Å². The van der Waals surface area contributed by atoms with E-state index in [2.05, 4.69) is 0 Å². The van der Waals surface area contributed by atoms with Crippen LogP contribution >= 0.6 is 47.2 Å². The second-order valence-electron chi connectivity index (χ2n) is 3.27. The number of rotatable bonds is 2. The molecular formula is C9H8Cl4F3NO. The fourth-order valence-electron chi connectivity index (χ4n) is 1.21. The van der Waals surface area contributed by atoms with E-state index in [0.29, 0.717) is 0 Å². The fraction of sp³-hybridized carbons (Fsp3) is 0.333. The molecule has 0 aliphatic rings. The Hall–Kier alpha value is 0.0900. The summed E-state index contributed by atoms with van der Waals surface area (Å²) in [6, 6.07) is 0.782. The molecule has 0 amide bonds. The van der Waals surface area contributed by atoms with Crippen LogP contribution in [-0.4, -0.2) is 17.4 Å². The summed E-state index contributed by atoms with van der Waals surface area (Å²) in [7, 11) is 0. The highest BCUT2D eigenvalue weighted by molar-refractivity contribution is 6.44. The first-order valence-corrected chi connectivity index (χ1v) is 5.43. The van der Waals surface area contributed by atoms with Gasteiger partial charge in [-0.1, -0.05) is 34.8 Å². The Bertz CT molecular complexity index is 427. The summed E-state index contributed by atoms with van der Waals surface area (Å²) in [5, 5.41) is 8.76. The zero-order chi connectivity index (χ0) is 13.4. The van der Waals surface area contributed by atoms with Crippen molar-refractivity contribution in [3.63, 3.8) is 0 Å². The molecule has 0 aliphatic heterocycles. The van der Waals surface area contributed by atoms with Gasteiger partial charge in [0, 0.05) is 10.6 Å². The monoisotopic (exact) mass is 343 g/mol. The maximum atomic E-state index is 12.3. The number of halogens is 7. The predicted octanol–water partition coefficient (Wildman–Crippen LogP) is 3.99. The highest BCUT2D eigenvalue weighted by atomic mass is 35.5. The number of hydrogen-bond donors (Lipinski definition) is 2. The second-order valence-corrected chi connectivity index (χ2v) is 4.46. The largest absolute Gasteiger partial charge is 0.416 e. The van der Waals surface area contributed by atoms with Gasteiger partial charge in [-0.15, -0.1) is 12.4 Å². The van der Waals surface area contributed by atoms with Crippen LogP contribution in [0.1, 0.15) is 11.6 Å². The molecule has 0 aliphatic carbocycles. The summed E-state index contributed by atoms with van der Waals surface area (Å²) in [5.74, 6) is 0.